The summed E-state index contributed by atoms with van der Waals surface area (Å²) in [5.41, 5.74) is 4.14. The maximum Gasteiger partial charge on any atom is 0.359 e. The lowest BCUT2D eigenvalue weighted by molar-refractivity contribution is 0.0517. The number of aromatic nitrogens is 2. The minimum absolute atomic E-state index is 0.257. The number of ether oxygens (including phenoxy) is 3. The summed E-state index contributed by atoms with van der Waals surface area (Å²) in [6.07, 6.45) is 0.494. The second-order valence-corrected chi connectivity index (χ2v) is 7.73. The Bertz CT molecular complexity index is 1120. The molecule has 1 aromatic heterocycles. The molecular formula is C22H20Cl2N2O4. The van der Waals surface area contributed by atoms with Crippen LogP contribution < -0.4 is 9.47 Å². The number of hydrogen-bond donors (Lipinski definition) is 0. The molecule has 0 amide bonds. The fourth-order valence-electron chi connectivity index (χ4n) is 3.63. The molecule has 6 nitrogen and oxygen atoms in total. The molecule has 0 atom stereocenters. The predicted octanol–water partition coefficient (Wildman–Crippen LogP) is 5.27. The Morgan fingerprint density at radius 3 is 2.60 bits per heavy atom. The molecule has 0 radical (unpaired) electrons. The number of halogens is 2. The summed E-state index contributed by atoms with van der Waals surface area (Å²) in [5, 5.41) is 5.55. The number of fused-ring (bicyclic) bond motifs is 3. The lowest BCUT2D eigenvalue weighted by Crippen LogP contribution is -2.10. The van der Waals surface area contributed by atoms with E-state index in [9.17, 15) is 4.79 Å². The van der Waals surface area contributed by atoms with Crippen molar-refractivity contribution in [3.63, 3.8) is 0 Å². The number of carbonyl (C=O) groups is 1. The maximum absolute atomic E-state index is 12.7. The van der Waals surface area contributed by atoms with Gasteiger partial charge in [0, 0.05) is 33.7 Å². The van der Waals surface area contributed by atoms with Gasteiger partial charge in [0.15, 0.2) is 5.69 Å². The van der Waals surface area contributed by atoms with Crippen molar-refractivity contribution in [2.75, 3.05) is 20.3 Å². The number of hydrogen-bond acceptors (Lipinski definition) is 5. The molecule has 3 aromatic rings. The SMILES string of the molecule is CCOC(=O)c1nn(-c2cc(Cl)cc(Cl)c2)c2c1CCOc1cc(OC)c(C)cc1-2. The number of rotatable bonds is 4. The molecule has 0 bridgehead atoms. The van der Waals surface area contributed by atoms with E-state index in [0.717, 1.165) is 28.1 Å². The van der Waals surface area contributed by atoms with Crippen LogP contribution in [0.25, 0.3) is 16.9 Å². The molecule has 0 unspecified atom stereocenters. The first-order chi connectivity index (χ1) is 14.4. The zero-order valence-electron chi connectivity index (χ0n) is 16.8. The number of carbonyl (C=O) groups excluding carboxylic acids is 1. The zero-order chi connectivity index (χ0) is 21.4. The highest BCUT2D eigenvalue weighted by atomic mass is 35.5. The van der Waals surface area contributed by atoms with Gasteiger partial charge < -0.3 is 14.2 Å². The maximum atomic E-state index is 12.7. The Hall–Kier alpha value is -2.70. The average Bonchev–Trinajstić information content (AvgIpc) is 2.98. The van der Waals surface area contributed by atoms with Crippen LogP contribution in [-0.2, 0) is 11.2 Å². The summed E-state index contributed by atoms with van der Waals surface area (Å²) >= 11 is 12.5. The molecule has 0 fully saturated rings. The van der Waals surface area contributed by atoms with E-state index >= 15 is 0 Å². The van der Waals surface area contributed by atoms with Crippen LogP contribution in [0.3, 0.4) is 0 Å². The van der Waals surface area contributed by atoms with Crippen LogP contribution in [0.4, 0.5) is 0 Å². The van der Waals surface area contributed by atoms with E-state index in [1.807, 2.05) is 19.1 Å². The minimum atomic E-state index is -0.477. The van der Waals surface area contributed by atoms with Gasteiger partial charge in [0.1, 0.15) is 11.5 Å². The van der Waals surface area contributed by atoms with E-state index in [0.29, 0.717) is 34.5 Å². The largest absolute Gasteiger partial charge is 0.496 e. The van der Waals surface area contributed by atoms with Gasteiger partial charge in [-0.1, -0.05) is 23.2 Å². The van der Waals surface area contributed by atoms with Crippen molar-refractivity contribution in [1.82, 2.24) is 9.78 Å². The van der Waals surface area contributed by atoms with Crippen LogP contribution in [0, 0.1) is 6.92 Å². The van der Waals surface area contributed by atoms with E-state index in [4.69, 9.17) is 37.4 Å². The highest BCUT2D eigenvalue weighted by Gasteiger charge is 2.30. The second-order valence-electron chi connectivity index (χ2n) is 6.85. The number of benzene rings is 2. The lowest BCUT2D eigenvalue weighted by Gasteiger charge is -2.14. The third-order valence-electron chi connectivity index (χ3n) is 4.91. The highest BCUT2D eigenvalue weighted by Crippen LogP contribution is 2.42. The second kappa shape index (κ2) is 8.20. The first-order valence-corrected chi connectivity index (χ1v) is 10.3. The fourth-order valence-corrected chi connectivity index (χ4v) is 4.15. The molecule has 1 aliphatic heterocycles. The summed E-state index contributed by atoms with van der Waals surface area (Å²) in [6.45, 7) is 4.36. The third-order valence-corrected chi connectivity index (χ3v) is 5.34. The van der Waals surface area contributed by atoms with Gasteiger partial charge in [0.25, 0.3) is 0 Å². The van der Waals surface area contributed by atoms with Gasteiger partial charge in [0.2, 0.25) is 0 Å². The number of aryl methyl sites for hydroxylation is 1. The van der Waals surface area contributed by atoms with Crippen molar-refractivity contribution < 1.29 is 19.0 Å². The molecule has 0 N–H and O–H groups in total. The van der Waals surface area contributed by atoms with E-state index in [2.05, 4.69) is 5.10 Å². The highest BCUT2D eigenvalue weighted by molar-refractivity contribution is 6.34. The molecular weight excluding hydrogens is 427 g/mol. The Morgan fingerprint density at radius 2 is 1.93 bits per heavy atom. The Labute approximate surface area is 184 Å². The monoisotopic (exact) mass is 446 g/mol. The summed E-state index contributed by atoms with van der Waals surface area (Å²) in [5.74, 6) is 0.898. The van der Waals surface area contributed by atoms with E-state index in [-0.39, 0.29) is 12.3 Å². The lowest BCUT2D eigenvalue weighted by atomic mass is 10.0. The Balaban J connectivity index is 2.03. The molecule has 2 aromatic carbocycles. The average molecular weight is 447 g/mol. The van der Waals surface area contributed by atoms with Crippen molar-refractivity contribution in [3.8, 4) is 28.4 Å². The fraction of sp³-hybridized carbons (Fsp3) is 0.273. The molecule has 0 saturated heterocycles. The van der Waals surface area contributed by atoms with Crippen molar-refractivity contribution in [2.45, 2.75) is 20.3 Å². The van der Waals surface area contributed by atoms with Gasteiger partial charge in [-0.2, -0.15) is 5.10 Å². The van der Waals surface area contributed by atoms with Crippen molar-refractivity contribution in [2.24, 2.45) is 0 Å². The first kappa shape index (κ1) is 20.6. The molecule has 1 aliphatic rings. The molecule has 0 aliphatic carbocycles. The molecule has 0 spiro atoms. The third kappa shape index (κ3) is 3.61. The molecule has 4 rings (SSSR count). The molecule has 8 heteroatoms. The van der Waals surface area contributed by atoms with Crippen LogP contribution in [-0.4, -0.2) is 36.1 Å². The Morgan fingerprint density at radius 1 is 1.20 bits per heavy atom. The van der Waals surface area contributed by atoms with E-state index in [1.165, 1.54) is 0 Å². The summed E-state index contributed by atoms with van der Waals surface area (Å²) in [6, 6.07) is 8.96. The predicted molar refractivity (Wildman–Crippen MR) is 115 cm³/mol. The summed E-state index contributed by atoms with van der Waals surface area (Å²) in [4.78, 5) is 12.7. The minimum Gasteiger partial charge on any atom is -0.496 e. The van der Waals surface area contributed by atoms with Gasteiger partial charge in [0.05, 0.1) is 31.7 Å². The van der Waals surface area contributed by atoms with Crippen LogP contribution in [0.1, 0.15) is 28.5 Å². The van der Waals surface area contributed by atoms with E-state index in [1.54, 1.807) is 36.9 Å². The van der Waals surface area contributed by atoms with Crippen molar-refractivity contribution >= 4 is 29.2 Å². The first-order valence-electron chi connectivity index (χ1n) is 9.50. The molecule has 2 heterocycles. The van der Waals surface area contributed by atoms with Crippen molar-refractivity contribution in [3.05, 3.63) is 57.2 Å². The van der Waals surface area contributed by atoms with Crippen LogP contribution >= 0.6 is 23.2 Å². The standard InChI is InChI=1S/C22H20Cl2N2O4/c1-4-29-22(27)20-16-5-6-30-19-11-18(28-3)12(2)7-17(19)21(16)26(25-20)15-9-13(23)8-14(24)10-15/h7-11H,4-6H2,1-3H3. The number of nitrogens with zero attached hydrogens (tertiary/aromatic N) is 2. The smallest absolute Gasteiger partial charge is 0.359 e. The van der Waals surface area contributed by atoms with Gasteiger partial charge in [-0.25, -0.2) is 9.48 Å². The molecule has 156 valence electrons. The van der Waals surface area contributed by atoms with Gasteiger partial charge in [-0.05, 0) is 43.7 Å². The van der Waals surface area contributed by atoms with Crippen LogP contribution in [0.5, 0.6) is 11.5 Å². The molecule has 0 saturated carbocycles. The zero-order valence-corrected chi connectivity index (χ0v) is 18.3. The van der Waals surface area contributed by atoms with E-state index < -0.39 is 5.97 Å². The number of esters is 1. The topological polar surface area (TPSA) is 62.6 Å². The summed E-state index contributed by atoms with van der Waals surface area (Å²) < 4.78 is 18.4. The normalized spacial score (nSPS) is 12.4. The van der Waals surface area contributed by atoms with Gasteiger partial charge >= 0.3 is 5.97 Å². The molecule has 30 heavy (non-hydrogen) atoms. The van der Waals surface area contributed by atoms with Gasteiger partial charge in [-0.15, -0.1) is 0 Å². The van der Waals surface area contributed by atoms with Crippen LogP contribution in [0.2, 0.25) is 10.0 Å². The Kier molecular flexibility index (Phi) is 5.62. The van der Waals surface area contributed by atoms with Gasteiger partial charge in [-0.3, -0.25) is 0 Å². The van der Waals surface area contributed by atoms with Crippen molar-refractivity contribution in [1.29, 1.82) is 0 Å². The number of methoxy groups -OCH3 is 1. The quantitative estimate of drug-likeness (QED) is 0.510. The summed E-state index contributed by atoms with van der Waals surface area (Å²) in [7, 11) is 1.62. The van der Waals surface area contributed by atoms with Crippen LogP contribution in [0.15, 0.2) is 30.3 Å².